The van der Waals surface area contributed by atoms with E-state index in [2.05, 4.69) is 5.32 Å². The summed E-state index contributed by atoms with van der Waals surface area (Å²) < 4.78 is 9.95. The number of carbonyl (C=O) groups is 2. The minimum absolute atomic E-state index is 0.0354. The van der Waals surface area contributed by atoms with Crippen LogP contribution in [-0.2, 0) is 19.1 Å². The Labute approximate surface area is 116 Å². The summed E-state index contributed by atoms with van der Waals surface area (Å²) in [7, 11) is 1.62. The third kappa shape index (κ3) is 6.57. The lowest BCUT2D eigenvalue weighted by Crippen LogP contribution is -2.46. The van der Waals surface area contributed by atoms with Gasteiger partial charge in [0.05, 0.1) is 6.61 Å². The van der Waals surface area contributed by atoms with Gasteiger partial charge in [0.1, 0.15) is 5.92 Å². The quantitative estimate of drug-likeness (QED) is 0.567. The molecule has 0 spiro atoms. The van der Waals surface area contributed by atoms with Crippen molar-refractivity contribution in [2.24, 2.45) is 11.3 Å². The van der Waals surface area contributed by atoms with E-state index in [1.54, 1.807) is 14.0 Å². The summed E-state index contributed by atoms with van der Waals surface area (Å²) in [5.74, 6) is -1.54. The van der Waals surface area contributed by atoms with E-state index in [1.807, 2.05) is 27.7 Å². The minimum atomic E-state index is -0.794. The molecule has 19 heavy (non-hydrogen) atoms. The number of amides is 1. The second kappa shape index (κ2) is 8.15. The smallest absolute Gasteiger partial charge is 0.319 e. The third-order valence-electron chi connectivity index (χ3n) is 2.79. The second-order valence-corrected chi connectivity index (χ2v) is 5.74. The lowest BCUT2D eigenvalue weighted by atomic mass is 9.80. The molecule has 1 amide bonds. The van der Waals surface area contributed by atoms with Gasteiger partial charge in [-0.3, -0.25) is 9.59 Å². The van der Waals surface area contributed by atoms with Crippen LogP contribution < -0.4 is 5.32 Å². The molecule has 0 aliphatic carbocycles. The van der Waals surface area contributed by atoms with Gasteiger partial charge in [-0.15, -0.1) is 0 Å². The molecule has 0 aromatic rings. The number of methoxy groups -OCH3 is 1. The fourth-order valence-electron chi connectivity index (χ4n) is 1.77. The van der Waals surface area contributed by atoms with Gasteiger partial charge in [0, 0.05) is 19.8 Å². The summed E-state index contributed by atoms with van der Waals surface area (Å²) in [5, 5.41) is 2.84. The lowest BCUT2D eigenvalue weighted by molar-refractivity contribution is -0.156. The van der Waals surface area contributed by atoms with Crippen molar-refractivity contribution in [2.45, 2.75) is 47.1 Å². The average molecular weight is 273 g/mol. The Morgan fingerprint density at radius 2 is 1.84 bits per heavy atom. The first-order chi connectivity index (χ1) is 8.73. The van der Waals surface area contributed by atoms with Crippen LogP contribution in [0.4, 0.5) is 0 Å². The number of carbonyl (C=O) groups excluding carboxylic acids is 2. The van der Waals surface area contributed by atoms with E-state index in [-0.39, 0.29) is 18.6 Å². The molecule has 0 aliphatic heterocycles. The molecule has 0 aromatic carbocycles. The monoisotopic (exact) mass is 273 g/mol. The Balaban J connectivity index is 4.69. The van der Waals surface area contributed by atoms with Crippen LogP contribution in [0.5, 0.6) is 0 Å². The van der Waals surface area contributed by atoms with Gasteiger partial charge in [0.2, 0.25) is 5.91 Å². The number of hydrogen-bond acceptors (Lipinski definition) is 4. The van der Waals surface area contributed by atoms with Gasteiger partial charge in [-0.05, 0) is 25.7 Å². The maximum atomic E-state index is 12.2. The maximum Gasteiger partial charge on any atom is 0.319 e. The second-order valence-electron chi connectivity index (χ2n) is 5.74. The molecular formula is C14H27NO4. The van der Waals surface area contributed by atoms with E-state index in [0.717, 1.165) is 0 Å². The minimum Gasteiger partial charge on any atom is -0.465 e. The molecule has 0 radical (unpaired) electrons. The molecule has 0 heterocycles. The predicted molar refractivity (Wildman–Crippen MR) is 73.7 cm³/mol. The summed E-state index contributed by atoms with van der Waals surface area (Å²) in [6, 6.07) is -0.0354. The van der Waals surface area contributed by atoms with Crippen LogP contribution in [0.15, 0.2) is 0 Å². The standard InChI is InChI=1S/C14H27NO4/c1-7-19-13(17)11(14(3,4)5)12(16)15-10(2)8-9-18-6/h10-11H,7-9H2,1-6H3,(H,15,16). The van der Waals surface area contributed by atoms with Gasteiger partial charge >= 0.3 is 5.97 Å². The van der Waals surface area contributed by atoms with Gasteiger partial charge in [0.15, 0.2) is 0 Å². The van der Waals surface area contributed by atoms with Gasteiger partial charge < -0.3 is 14.8 Å². The van der Waals surface area contributed by atoms with Crippen LogP contribution in [-0.4, -0.2) is 38.2 Å². The normalized spacial score (nSPS) is 14.6. The van der Waals surface area contributed by atoms with Crippen LogP contribution in [0.2, 0.25) is 0 Å². The molecule has 2 atom stereocenters. The molecule has 0 bridgehead atoms. The van der Waals surface area contributed by atoms with Crippen molar-refractivity contribution in [1.82, 2.24) is 5.32 Å². The lowest BCUT2D eigenvalue weighted by Gasteiger charge is -2.28. The molecule has 5 nitrogen and oxygen atoms in total. The van der Waals surface area contributed by atoms with Gasteiger partial charge in [0.25, 0.3) is 0 Å². The highest BCUT2D eigenvalue weighted by Crippen LogP contribution is 2.27. The Morgan fingerprint density at radius 3 is 2.26 bits per heavy atom. The first kappa shape index (κ1) is 17.9. The highest BCUT2D eigenvalue weighted by molar-refractivity contribution is 5.98. The van der Waals surface area contributed by atoms with E-state index in [9.17, 15) is 9.59 Å². The highest BCUT2D eigenvalue weighted by Gasteiger charge is 2.39. The number of hydrogen-bond donors (Lipinski definition) is 1. The van der Waals surface area contributed by atoms with E-state index >= 15 is 0 Å². The molecule has 0 saturated heterocycles. The molecule has 0 aliphatic rings. The summed E-state index contributed by atoms with van der Waals surface area (Å²) in [4.78, 5) is 24.1. The highest BCUT2D eigenvalue weighted by atomic mass is 16.5. The van der Waals surface area contributed by atoms with Crippen molar-refractivity contribution in [3.8, 4) is 0 Å². The Bertz CT molecular complexity index is 296. The number of rotatable bonds is 7. The van der Waals surface area contributed by atoms with Crippen LogP contribution >= 0.6 is 0 Å². The predicted octanol–water partition coefficient (Wildman–Crippen LogP) is 1.75. The van der Waals surface area contributed by atoms with Crippen molar-refractivity contribution in [3.05, 3.63) is 0 Å². The Morgan fingerprint density at radius 1 is 1.26 bits per heavy atom. The van der Waals surface area contributed by atoms with Crippen molar-refractivity contribution in [3.63, 3.8) is 0 Å². The zero-order valence-corrected chi connectivity index (χ0v) is 12.9. The number of esters is 1. The van der Waals surface area contributed by atoms with E-state index < -0.39 is 17.3 Å². The number of ether oxygens (including phenoxy) is 2. The third-order valence-corrected chi connectivity index (χ3v) is 2.79. The average Bonchev–Trinajstić information content (AvgIpc) is 2.24. The van der Waals surface area contributed by atoms with Crippen molar-refractivity contribution < 1.29 is 19.1 Å². The summed E-state index contributed by atoms with van der Waals surface area (Å²) >= 11 is 0. The first-order valence-electron chi connectivity index (χ1n) is 6.70. The van der Waals surface area contributed by atoms with Crippen molar-refractivity contribution in [2.75, 3.05) is 20.3 Å². The van der Waals surface area contributed by atoms with E-state index in [1.165, 1.54) is 0 Å². The molecule has 0 fully saturated rings. The van der Waals surface area contributed by atoms with Gasteiger partial charge in [-0.1, -0.05) is 20.8 Å². The van der Waals surface area contributed by atoms with Crippen LogP contribution in [0, 0.1) is 11.3 Å². The molecule has 1 N–H and O–H groups in total. The molecule has 0 rings (SSSR count). The molecule has 0 saturated carbocycles. The SMILES string of the molecule is CCOC(=O)C(C(=O)NC(C)CCOC)C(C)(C)C. The van der Waals surface area contributed by atoms with Crippen LogP contribution in [0.25, 0.3) is 0 Å². The van der Waals surface area contributed by atoms with Crippen molar-refractivity contribution >= 4 is 11.9 Å². The Kier molecular flexibility index (Phi) is 7.68. The fraction of sp³-hybridized carbons (Fsp3) is 0.857. The van der Waals surface area contributed by atoms with E-state index in [4.69, 9.17) is 9.47 Å². The molecule has 5 heteroatoms. The zero-order valence-electron chi connectivity index (χ0n) is 12.9. The summed E-state index contributed by atoms with van der Waals surface area (Å²) in [6.45, 7) is 10.0. The van der Waals surface area contributed by atoms with Crippen LogP contribution in [0.1, 0.15) is 41.0 Å². The van der Waals surface area contributed by atoms with Crippen LogP contribution in [0.3, 0.4) is 0 Å². The molecule has 0 aromatic heterocycles. The zero-order chi connectivity index (χ0) is 15.1. The molecular weight excluding hydrogens is 246 g/mol. The number of nitrogens with one attached hydrogen (secondary N) is 1. The Hall–Kier alpha value is -1.10. The van der Waals surface area contributed by atoms with Gasteiger partial charge in [-0.2, -0.15) is 0 Å². The largest absolute Gasteiger partial charge is 0.465 e. The topological polar surface area (TPSA) is 64.6 Å². The van der Waals surface area contributed by atoms with E-state index in [0.29, 0.717) is 13.0 Å². The summed E-state index contributed by atoms with van der Waals surface area (Å²) in [5.41, 5.74) is -0.475. The molecule has 112 valence electrons. The van der Waals surface area contributed by atoms with Crippen molar-refractivity contribution in [1.29, 1.82) is 0 Å². The van der Waals surface area contributed by atoms with Gasteiger partial charge in [-0.25, -0.2) is 0 Å². The first-order valence-corrected chi connectivity index (χ1v) is 6.70. The fourth-order valence-corrected chi connectivity index (χ4v) is 1.77. The molecule has 2 unspecified atom stereocenters. The maximum absolute atomic E-state index is 12.2. The summed E-state index contributed by atoms with van der Waals surface area (Å²) in [6.07, 6.45) is 0.710.